The first-order valence-corrected chi connectivity index (χ1v) is 11.6. The molecule has 0 unspecified atom stereocenters. The number of rotatable bonds is 7. The average Bonchev–Trinajstić information content (AvgIpc) is 3.26. The zero-order valence-corrected chi connectivity index (χ0v) is 20.3. The number of allylic oxidation sites excluding steroid dienone is 3. The van der Waals surface area contributed by atoms with E-state index in [9.17, 15) is 9.59 Å². The summed E-state index contributed by atoms with van der Waals surface area (Å²) in [7, 11) is 3.19. The Morgan fingerprint density at radius 3 is 2.50 bits per heavy atom. The van der Waals surface area contributed by atoms with Gasteiger partial charge in [0.05, 0.1) is 32.3 Å². The first-order chi connectivity index (χ1) is 16.4. The third kappa shape index (κ3) is 4.34. The standard InChI is InChI=1S/C27H31NO6/c1-6-11-33-27(30)24-16(3)28-19-12-18(17-8-10-21(31-4)23(14-17)32-5)13-20(29)25(19)26(24)22-9-7-15(2)34-22/h7-10,14,18,26,28H,6,11-13H2,1-5H3/t18-,26+/m1/s1. The molecule has 0 saturated carbocycles. The molecule has 0 fully saturated rings. The normalized spacial score (nSPS) is 20.1. The second-order valence-corrected chi connectivity index (χ2v) is 8.72. The van der Waals surface area contributed by atoms with Gasteiger partial charge in [0.15, 0.2) is 17.3 Å². The van der Waals surface area contributed by atoms with Gasteiger partial charge in [0.1, 0.15) is 11.5 Å². The van der Waals surface area contributed by atoms with Crippen LogP contribution in [0.25, 0.3) is 0 Å². The van der Waals surface area contributed by atoms with Crippen LogP contribution in [0.5, 0.6) is 11.5 Å². The molecule has 7 nitrogen and oxygen atoms in total. The topological polar surface area (TPSA) is 87.0 Å². The number of benzene rings is 1. The molecule has 1 aromatic carbocycles. The van der Waals surface area contributed by atoms with Crippen molar-refractivity contribution in [2.45, 2.75) is 51.9 Å². The second-order valence-electron chi connectivity index (χ2n) is 8.72. The highest BCUT2D eigenvalue weighted by atomic mass is 16.5. The molecule has 2 atom stereocenters. The van der Waals surface area contributed by atoms with Crippen molar-refractivity contribution in [2.24, 2.45) is 0 Å². The number of hydrogen-bond acceptors (Lipinski definition) is 7. The molecule has 1 aliphatic carbocycles. The number of carbonyl (C=O) groups is 2. The maximum atomic E-state index is 13.6. The summed E-state index contributed by atoms with van der Waals surface area (Å²) in [5.74, 6) is 1.52. The van der Waals surface area contributed by atoms with Crippen molar-refractivity contribution in [1.82, 2.24) is 5.32 Å². The van der Waals surface area contributed by atoms with Gasteiger partial charge in [-0.15, -0.1) is 0 Å². The van der Waals surface area contributed by atoms with Crippen molar-refractivity contribution in [2.75, 3.05) is 20.8 Å². The molecule has 0 amide bonds. The van der Waals surface area contributed by atoms with Gasteiger partial charge in [-0.25, -0.2) is 4.79 Å². The van der Waals surface area contributed by atoms with E-state index in [0.717, 1.165) is 23.4 Å². The van der Waals surface area contributed by atoms with E-state index in [-0.39, 0.29) is 11.7 Å². The number of hydrogen-bond donors (Lipinski definition) is 1. The highest BCUT2D eigenvalue weighted by molar-refractivity contribution is 6.04. The maximum absolute atomic E-state index is 13.6. The quantitative estimate of drug-likeness (QED) is 0.581. The maximum Gasteiger partial charge on any atom is 0.336 e. The molecule has 4 rings (SSSR count). The Labute approximate surface area is 199 Å². The largest absolute Gasteiger partial charge is 0.493 e. The Morgan fingerprint density at radius 1 is 1.09 bits per heavy atom. The van der Waals surface area contributed by atoms with E-state index in [1.54, 1.807) is 14.2 Å². The van der Waals surface area contributed by atoms with E-state index in [4.69, 9.17) is 18.6 Å². The van der Waals surface area contributed by atoms with Gasteiger partial charge in [0.25, 0.3) is 0 Å². The minimum Gasteiger partial charge on any atom is -0.493 e. The first-order valence-electron chi connectivity index (χ1n) is 11.6. The molecule has 180 valence electrons. The van der Waals surface area contributed by atoms with Crippen LogP contribution in [0.4, 0.5) is 0 Å². The molecule has 0 radical (unpaired) electrons. The van der Waals surface area contributed by atoms with E-state index in [1.807, 2.05) is 51.1 Å². The van der Waals surface area contributed by atoms with Crippen LogP contribution in [0.1, 0.15) is 62.0 Å². The molecular weight excluding hydrogens is 434 g/mol. The number of carbonyl (C=O) groups excluding carboxylic acids is 2. The monoisotopic (exact) mass is 465 g/mol. The van der Waals surface area contributed by atoms with Crippen LogP contribution >= 0.6 is 0 Å². The van der Waals surface area contributed by atoms with Crippen LogP contribution in [0.2, 0.25) is 0 Å². The number of ether oxygens (including phenoxy) is 3. The highest BCUT2D eigenvalue weighted by Gasteiger charge is 2.42. The minimum absolute atomic E-state index is 0.0131. The molecule has 2 heterocycles. The van der Waals surface area contributed by atoms with Crippen molar-refractivity contribution in [3.05, 3.63) is 70.0 Å². The van der Waals surface area contributed by atoms with Gasteiger partial charge in [0.2, 0.25) is 0 Å². The Kier molecular flexibility index (Phi) is 6.82. The number of furan rings is 1. The molecule has 1 aliphatic heterocycles. The summed E-state index contributed by atoms with van der Waals surface area (Å²) >= 11 is 0. The van der Waals surface area contributed by atoms with Gasteiger partial charge in [-0.05, 0) is 62.4 Å². The zero-order chi connectivity index (χ0) is 24.4. The Balaban J connectivity index is 1.74. The molecule has 0 saturated heterocycles. The summed E-state index contributed by atoms with van der Waals surface area (Å²) < 4.78 is 22.2. The summed E-state index contributed by atoms with van der Waals surface area (Å²) in [5, 5.41) is 3.35. The second kappa shape index (κ2) is 9.79. The van der Waals surface area contributed by atoms with Crippen LogP contribution in [-0.2, 0) is 14.3 Å². The van der Waals surface area contributed by atoms with Crippen LogP contribution in [-0.4, -0.2) is 32.6 Å². The van der Waals surface area contributed by atoms with E-state index >= 15 is 0 Å². The SMILES string of the molecule is CCCOC(=O)C1=C(C)NC2=C(C(=O)C[C@H](c3ccc(OC)c(OC)c3)C2)[C@H]1c1ccc(C)o1. The van der Waals surface area contributed by atoms with Crippen LogP contribution in [0, 0.1) is 6.92 Å². The van der Waals surface area contributed by atoms with Gasteiger partial charge in [-0.1, -0.05) is 13.0 Å². The van der Waals surface area contributed by atoms with E-state index in [0.29, 0.717) is 53.6 Å². The van der Waals surface area contributed by atoms with Gasteiger partial charge in [-0.3, -0.25) is 4.79 Å². The summed E-state index contributed by atoms with van der Waals surface area (Å²) in [6.45, 7) is 5.96. The molecule has 0 bridgehead atoms. The van der Waals surface area contributed by atoms with Crippen molar-refractivity contribution in [3.8, 4) is 11.5 Å². The van der Waals surface area contributed by atoms with E-state index in [1.165, 1.54) is 0 Å². The molecule has 2 aliphatic rings. The number of aryl methyl sites for hydroxylation is 1. The average molecular weight is 466 g/mol. The summed E-state index contributed by atoms with van der Waals surface area (Å²) in [6, 6.07) is 9.44. The number of ketones is 1. The van der Waals surface area contributed by atoms with Gasteiger partial charge in [0, 0.05) is 23.4 Å². The molecule has 0 spiro atoms. The van der Waals surface area contributed by atoms with Gasteiger partial charge < -0.3 is 23.9 Å². The van der Waals surface area contributed by atoms with Crippen LogP contribution in [0.15, 0.2) is 57.3 Å². The predicted molar refractivity (Wildman–Crippen MR) is 127 cm³/mol. The number of nitrogens with one attached hydrogen (secondary N) is 1. The van der Waals surface area contributed by atoms with Gasteiger partial charge in [-0.2, -0.15) is 0 Å². The van der Waals surface area contributed by atoms with E-state index < -0.39 is 11.9 Å². The van der Waals surface area contributed by atoms with Gasteiger partial charge >= 0.3 is 5.97 Å². The fourth-order valence-corrected chi connectivity index (χ4v) is 4.82. The zero-order valence-electron chi connectivity index (χ0n) is 20.3. The van der Waals surface area contributed by atoms with Crippen molar-refractivity contribution in [1.29, 1.82) is 0 Å². The van der Waals surface area contributed by atoms with Crippen LogP contribution < -0.4 is 14.8 Å². The molecule has 1 aromatic heterocycles. The third-order valence-corrected chi connectivity index (χ3v) is 6.41. The Bertz CT molecular complexity index is 1170. The number of methoxy groups -OCH3 is 2. The lowest BCUT2D eigenvalue weighted by molar-refractivity contribution is -0.139. The van der Waals surface area contributed by atoms with E-state index in [2.05, 4.69) is 5.32 Å². The van der Waals surface area contributed by atoms with Crippen LogP contribution in [0.3, 0.4) is 0 Å². The molecule has 7 heteroatoms. The van der Waals surface area contributed by atoms with Crippen molar-refractivity contribution >= 4 is 11.8 Å². The number of Topliss-reactive ketones (excluding diaryl/α,β-unsaturated/α-hetero) is 1. The lowest BCUT2D eigenvalue weighted by Crippen LogP contribution is -2.36. The fraction of sp³-hybridized carbons (Fsp3) is 0.407. The number of dihydropyridines is 1. The molecular formula is C27H31NO6. The third-order valence-electron chi connectivity index (χ3n) is 6.41. The molecule has 1 N–H and O–H groups in total. The lowest BCUT2D eigenvalue weighted by Gasteiger charge is -2.35. The Morgan fingerprint density at radius 2 is 1.85 bits per heavy atom. The number of esters is 1. The highest BCUT2D eigenvalue weighted by Crippen LogP contribution is 2.46. The Hall–Kier alpha value is -3.48. The summed E-state index contributed by atoms with van der Waals surface area (Å²) in [6.07, 6.45) is 1.67. The van der Waals surface area contributed by atoms with Crippen molar-refractivity contribution < 1.29 is 28.2 Å². The smallest absolute Gasteiger partial charge is 0.336 e. The first kappa shape index (κ1) is 23.7. The molecule has 2 aromatic rings. The fourth-order valence-electron chi connectivity index (χ4n) is 4.82. The van der Waals surface area contributed by atoms with Crippen molar-refractivity contribution in [3.63, 3.8) is 0 Å². The lowest BCUT2D eigenvalue weighted by atomic mass is 9.73. The predicted octanol–water partition coefficient (Wildman–Crippen LogP) is 4.92. The molecule has 34 heavy (non-hydrogen) atoms. The summed E-state index contributed by atoms with van der Waals surface area (Å²) in [4.78, 5) is 26.6. The summed E-state index contributed by atoms with van der Waals surface area (Å²) in [5.41, 5.74) is 3.51. The minimum atomic E-state index is -0.590.